The Balaban J connectivity index is 2.05. The molecule has 7 nitrogen and oxygen atoms in total. The molecule has 1 aliphatic carbocycles. The first-order chi connectivity index (χ1) is 11.6. The standard InChI is InChI=1S/C17H23N5O2/c1-12-8-10-17(11-9-12,18-16(23)24-3)15-19-20-21-22(15)14-7-5-4-6-13(14)2/h4-7,12H,8-11H2,1-3H3,(H,18,23). The van der Waals surface area contributed by atoms with Crippen LogP contribution in [0.15, 0.2) is 24.3 Å². The van der Waals surface area contributed by atoms with Crippen molar-refractivity contribution in [3.8, 4) is 5.69 Å². The molecule has 1 aromatic heterocycles. The van der Waals surface area contributed by atoms with Gasteiger partial charge in [-0.15, -0.1) is 5.10 Å². The SMILES string of the molecule is COC(=O)NC1(c2nnnn2-c2ccccc2C)CCC(C)CC1. The van der Waals surface area contributed by atoms with Crippen LogP contribution < -0.4 is 5.32 Å². The molecule has 0 atom stereocenters. The number of methoxy groups -OCH3 is 1. The first kappa shape index (κ1) is 16.4. The van der Waals surface area contributed by atoms with Crippen LogP contribution >= 0.6 is 0 Å². The molecule has 1 fully saturated rings. The van der Waals surface area contributed by atoms with Crippen LogP contribution in [0.4, 0.5) is 4.79 Å². The number of hydrogen-bond acceptors (Lipinski definition) is 5. The number of nitrogens with one attached hydrogen (secondary N) is 1. The van der Waals surface area contributed by atoms with Gasteiger partial charge in [0, 0.05) is 0 Å². The maximum atomic E-state index is 12.0. The molecule has 1 amide bonds. The second-order valence-electron chi connectivity index (χ2n) is 6.58. The van der Waals surface area contributed by atoms with E-state index in [1.807, 2.05) is 31.2 Å². The third-order valence-electron chi connectivity index (χ3n) is 4.90. The zero-order valence-electron chi connectivity index (χ0n) is 14.3. The van der Waals surface area contributed by atoms with E-state index in [9.17, 15) is 4.79 Å². The van der Waals surface area contributed by atoms with Crippen LogP contribution in [0.5, 0.6) is 0 Å². The molecule has 0 unspecified atom stereocenters. The monoisotopic (exact) mass is 329 g/mol. The first-order valence-corrected chi connectivity index (χ1v) is 8.27. The second-order valence-corrected chi connectivity index (χ2v) is 6.58. The fourth-order valence-corrected chi connectivity index (χ4v) is 3.35. The topological polar surface area (TPSA) is 81.9 Å². The number of para-hydroxylation sites is 1. The summed E-state index contributed by atoms with van der Waals surface area (Å²) >= 11 is 0. The number of hydrogen-bond donors (Lipinski definition) is 1. The molecule has 1 heterocycles. The molecule has 1 aliphatic rings. The number of rotatable bonds is 3. The van der Waals surface area contributed by atoms with Crippen molar-refractivity contribution in [1.29, 1.82) is 0 Å². The fourth-order valence-electron chi connectivity index (χ4n) is 3.35. The Labute approximate surface area is 141 Å². The van der Waals surface area contributed by atoms with Gasteiger partial charge in [-0.25, -0.2) is 4.79 Å². The molecule has 128 valence electrons. The predicted molar refractivity (Wildman–Crippen MR) is 88.7 cm³/mol. The molecule has 0 spiro atoms. The number of nitrogens with zero attached hydrogens (tertiary/aromatic N) is 4. The molecule has 1 N–H and O–H groups in total. The molecule has 0 bridgehead atoms. The van der Waals surface area contributed by atoms with Crippen LogP contribution in [0.2, 0.25) is 0 Å². The number of carbonyl (C=O) groups is 1. The van der Waals surface area contributed by atoms with Crippen molar-refractivity contribution in [3.63, 3.8) is 0 Å². The van der Waals surface area contributed by atoms with Gasteiger partial charge in [-0.1, -0.05) is 25.1 Å². The number of amides is 1. The number of benzene rings is 1. The van der Waals surface area contributed by atoms with E-state index in [0.29, 0.717) is 11.7 Å². The minimum Gasteiger partial charge on any atom is -0.453 e. The lowest BCUT2D eigenvalue weighted by Crippen LogP contribution is -2.49. The van der Waals surface area contributed by atoms with Crippen molar-refractivity contribution in [3.05, 3.63) is 35.7 Å². The Kier molecular flexibility index (Phi) is 4.51. The maximum Gasteiger partial charge on any atom is 0.407 e. The van der Waals surface area contributed by atoms with Gasteiger partial charge in [0.1, 0.15) is 5.54 Å². The molecule has 3 rings (SSSR count). The summed E-state index contributed by atoms with van der Waals surface area (Å²) in [5.74, 6) is 1.29. The highest BCUT2D eigenvalue weighted by Gasteiger charge is 2.42. The van der Waals surface area contributed by atoms with Crippen LogP contribution in [0.3, 0.4) is 0 Å². The molecule has 2 aromatic rings. The molecule has 7 heteroatoms. The average Bonchev–Trinajstić information content (AvgIpc) is 3.07. The van der Waals surface area contributed by atoms with Gasteiger partial charge in [0.05, 0.1) is 12.8 Å². The van der Waals surface area contributed by atoms with Gasteiger partial charge >= 0.3 is 6.09 Å². The molecule has 0 radical (unpaired) electrons. The van der Waals surface area contributed by atoms with E-state index in [2.05, 4.69) is 27.8 Å². The summed E-state index contributed by atoms with van der Waals surface area (Å²) in [5, 5.41) is 15.3. The van der Waals surface area contributed by atoms with Crippen molar-refractivity contribution >= 4 is 6.09 Å². The van der Waals surface area contributed by atoms with Crippen LogP contribution in [0, 0.1) is 12.8 Å². The molecular formula is C17H23N5O2. The van der Waals surface area contributed by atoms with E-state index in [-0.39, 0.29) is 0 Å². The Morgan fingerprint density at radius 1 is 1.33 bits per heavy atom. The molecule has 24 heavy (non-hydrogen) atoms. The summed E-state index contributed by atoms with van der Waals surface area (Å²) in [6.45, 7) is 4.25. The van der Waals surface area contributed by atoms with E-state index < -0.39 is 11.6 Å². The highest BCUT2D eigenvalue weighted by molar-refractivity contribution is 5.68. The first-order valence-electron chi connectivity index (χ1n) is 8.27. The zero-order chi connectivity index (χ0) is 17.2. The van der Waals surface area contributed by atoms with Crippen molar-refractivity contribution < 1.29 is 9.53 Å². The Bertz CT molecular complexity index is 719. The quantitative estimate of drug-likeness (QED) is 0.936. The van der Waals surface area contributed by atoms with Gasteiger partial charge in [-0.2, -0.15) is 4.68 Å². The van der Waals surface area contributed by atoms with Crippen LogP contribution in [0.1, 0.15) is 44.0 Å². The van der Waals surface area contributed by atoms with E-state index in [1.165, 1.54) is 7.11 Å². The van der Waals surface area contributed by atoms with Crippen molar-refractivity contribution in [1.82, 2.24) is 25.5 Å². The van der Waals surface area contributed by atoms with E-state index in [4.69, 9.17) is 4.74 Å². The maximum absolute atomic E-state index is 12.0. The van der Waals surface area contributed by atoms with Gasteiger partial charge in [0.15, 0.2) is 5.82 Å². The average molecular weight is 329 g/mol. The normalized spacial score (nSPS) is 23.7. The van der Waals surface area contributed by atoms with Gasteiger partial charge in [0.2, 0.25) is 0 Å². The number of aromatic nitrogens is 4. The number of ether oxygens (including phenoxy) is 1. The van der Waals surface area contributed by atoms with Gasteiger partial charge < -0.3 is 10.1 Å². The van der Waals surface area contributed by atoms with Crippen molar-refractivity contribution in [2.45, 2.75) is 45.1 Å². The van der Waals surface area contributed by atoms with E-state index >= 15 is 0 Å². The van der Waals surface area contributed by atoms with Gasteiger partial charge in [-0.3, -0.25) is 0 Å². The third kappa shape index (κ3) is 2.98. The number of tetrazole rings is 1. The lowest BCUT2D eigenvalue weighted by Gasteiger charge is -2.38. The van der Waals surface area contributed by atoms with Crippen molar-refractivity contribution in [2.24, 2.45) is 5.92 Å². The Hall–Kier alpha value is -2.44. The smallest absolute Gasteiger partial charge is 0.407 e. The van der Waals surface area contributed by atoms with Crippen LogP contribution in [0.25, 0.3) is 5.69 Å². The van der Waals surface area contributed by atoms with Crippen molar-refractivity contribution in [2.75, 3.05) is 7.11 Å². The van der Waals surface area contributed by atoms with Gasteiger partial charge in [0.25, 0.3) is 0 Å². The van der Waals surface area contributed by atoms with Gasteiger partial charge in [-0.05, 0) is 60.6 Å². The summed E-state index contributed by atoms with van der Waals surface area (Å²) < 4.78 is 6.58. The lowest BCUT2D eigenvalue weighted by atomic mass is 9.76. The summed E-state index contributed by atoms with van der Waals surface area (Å²) in [6.07, 6.45) is 3.13. The summed E-state index contributed by atoms with van der Waals surface area (Å²) in [4.78, 5) is 12.0. The van der Waals surface area contributed by atoms with Crippen LogP contribution in [-0.4, -0.2) is 33.4 Å². The summed E-state index contributed by atoms with van der Waals surface area (Å²) in [7, 11) is 1.37. The molecular weight excluding hydrogens is 306 g/mol. The summed E-state index contributed by atoms with van der Waals surface area (Å²) in [6, 6.07) is 7.93. The summed E-state index contributed by atoms with van der Waals surface area (Å²) in [5.41, 5.74) is 1.39. The molecule has 1 aromatic carbocycles. The molecule has 1 saturated carbocycles. The minimum atomic E-state index is -0.606. The zero-order valence-corrected chi connectivity index (χ0v) is 14.3. The Morgan fingerprint density at radius 3 is 2.71 bits per heavy atom. The van der Waals surface area contributed by atoms with E-state index in [1.54, 1.807) is 4.68 Å². The highest BCUT2D eigenvalue weighted by Crippen LogP contribution is 2.39. The highest BCUT2D eigenvalue weighted by atomic mass is 16.5. The van der Waals surface area contributed by atoms with Crippen LogP contribution in [-0.2, 0) is 10.3 Å². The minimum absolute atomic E-state index is 0.455. The largest absolute Gasteiger partial charge is 0.453 e. The molecule has 0 aliphatic heterocycles. The number of alkyl carbamates (subject to hydrolysis) is 1. The second kappa shape index (κ2) is 6.59. The number of aryl methyl sites for hydroxylation is 1. The molecule has 0 saturated heterocycles. The Morgan fingerprint density at radius 2 is 2.04 bits per heavy atom. The third-order valence-corrected chi connectivity index (χ3v) is 4.90. The lowest BCUT2D eigenvalue weighted by molar-refractivity contribution is 0.130. The number of carbonyl (C=O) groups excluding carboxylic acids is 1. The predicted octanol–water partition coefficient (Wildman–Crippen LogP) is 2.73. The fraction of sp³-hybridized carbons (Fsp3) is 0.529. The van der Waals surface area contributed by atoms with E-state index in [0.717, 1.165) is 36.9 Å².